The number of hydrogen-bond acceptors (Lipinski definition) is 4. The molecular formula is C39H49F3O5. The SMILES string of the molecule is CCCCCCCCCCCCCCOc1ccc(C(=O)O)c(-c2ccc(-c3ccc(OC(=O)C[C@@H](C)CC)c(F)c3)cc2F)c1F. The van der Waals surface area contributed by atoms with Gasteiger partial charge in [-0.2, -0.15) is 0 Å². The zero-order chi connectivity index (χ0) is 34.2. The van der Waals surface area contributed by atoms with Crippen molar-refractivity contribution in [2.75, 3.05) is 6.61 Å². The highest BCUT2D eigenvalue weighted by molar-refractivity contribution is 5.97. The van der Waals surface area contributed by atoms with Crippen molar-refractivity contribution >= 4 is 11.9 Å². The lowest BCUT2D eigenvalue weighted by Crippen LogP contribution is -2.12. The van der Waals surface area contributed by atoms with Gasteiger partial charge in [-0.1, -0.05) is 116 Å². The maximum absolute atomic E-state index is 15.7. The molecular weight excluding hydrogens is 605 g/mol. The molecule has 1 N–H and O–H groups in total. The van der Waals surface area contributed by atoms with Crippen LogP contribution in [0.4, 0.5) is 13.2 Å². The summed E-state index contributed by atoms with van der Waals surface area (Å²) < 4.78 is 56.8. The normalized spacial score (nSPS) is 11.8. The number of carbonyl (C=O) groups excluding carboxylic acids is 1. The van der Waals surface area contributed by atoms with Crippen LogP contribution < -0.4 is 9.47 Å². The van der Waals surface area contributed by atoms with Gasteiger partial charge in [0.25, 0.3) is 0 Å². The van der Waals surface area contributed by atoms with E-state index in [2.05, 4.69) is 6.92 Å². The van der Waals surface area contributed by atoms with Gasteiger partial charge < -0.3 is 14.6 Å². The van der Waals surface area contributed by atoms with Gasteiger partial charge in [0.2, 0.25) is 0 Å². The van der Waals surface area contributed by atoms with Gasteiger partial charge in [0.1, 0.15) is 5.82 Å². The molecule has 0 saturated heterocycles. The number of ether oxygens (including phenoxy) is 2. The van der Waals surface area contributed by atoms with Gasteiger partial charge in [0.15, 0.2) is 23.1 Å². The lowest BCUT2D eigenvalue weighted by molar-refractivity contribution is -0.135. The largest absolute Gasteiger partial charge is 0.490 e. The molecule has 0 spiro atoms. The third-order valence-corrected chi connectivity index (χ3v) is 8.53. The van der Waals surface area contributed by atoms with Crippen LogP contribution in [0.25, 0.3) is 22.3 Å². The Morgan fingerprint density at radius 1 is 0.723 bits per heavy atom. The summed E-state index contributed by atoms with van der Waals surface area (Å²) in [6.07, 6.45) is 15.1. The fraction of sp³-hybridized carbons (Fsp3) is 0.487. The number of carboxylic acid groups (broad SMARTS) is 1. The van der Waals surface area contributed by atoms with Crippen LogP contribution in [-0.2, 0) is 4.79 Å². The first-order chi connectivity index (χ1) is 22.7. The van der Waals surface area contributed by atoms with E-state index in [0.717, 1.165) is 44.2 Å². The minimum atomic E-state index is -1.41. The minimum absolute atomic E-state index is 0.101. The summed E-state index contributed by atoms with van der Waals surface area (Å²) in [7, 11) is 0. The monoisotopic (exact) mass is 654 g/mol. The predicted molar refractivity (Wildman–Crippen MR) is 180 cm³/mol. The molecule has 0 aliphatic carbocycles. The molecule has 8 heteroatoms. The molecule has 0 radical (unpaired) electrons. The van der Waals surface area contributed by atoms with Crippen molar-refractivity contribution in [2.45, 2.75) is 111 Å². The molecule has 1 atom stereocenters. The Kier molecular flexibility index (Phi) is 15.8. The Morgan fingerprint density at radius 3 is 1.83 bits per heavy atom. The molecule has 47 heavy (non-hydrogen) atoms. The molecule has 0 heterocycles. The summed E-state index contributed by atoms with van der Waals surface area (Å²) in [5.74, 6) is -4.85. The number of carboxylic acids is 1. The maximum atomic E-state index is 15.7. The van der Waals surface area contributed by atoms with Crippen molar-refractivity contribution in [1.29, 1.82) is 0 Å². The Labute approximate surface area is 277 Å². The van der Waals surface area contributed by atoms with Gasteiger partial charge in [-0.05, 0) is 53.8 Å². The highest BCUT2D eigenvalue weighted by Gasteiger charge is 2.23. The van der Waals surface area contributed by atoms with Crippen LogP contribution in [0.15, 0.2) is 48.5 Å². The van der Waals surface area contributed by atoms with E-state index in [1.807, 2.05) is 13.8 Å². The van der Waals surface area contributed by atoms with E-state index in [-0.39, 0.29) is 41.6 Å². The lowest BCUT2D eigenvalue weighted by atomic mass is 9.95. The number of esters is 1. The second kappa shape index (κ2) is 19.8. The van der Waals surface area contributed by atoms with Crippen LogP contribution in [0.1, 0.15) is 121 Å². The highest BCUT2D eigenvalue weighted by Crippen LogP contribution is 2.37. The van der Waals surface area contributed by atoms with Crippen molar-refractivity contribution < 1.29 is 37.3 Å². The summed E-state index contributed by atoms with van der Waals surface area (Å²) in [5.41, 5.74) is -0.493. The Bertz CT molecular complexity index is 1450. The molecule has 256 valence electrons. The summed E-state index contributed by atoms with van der Waals surface area (Å²) in [6, 6.07) is 10.2. The zero-order valence-electron chi connectivity index (χ0n) is 28.0. The first-order valence-corrected chi connectivity index (χ1v) is 17.1. The number of benzene rings is 3. The van der Waals surface area contributed by atoms with Crippen molar-refractivity contribution in [2.24, 2.45) is 5.92 Å². The maximum Gasteiger partial charge on any atom is 0.336 e. The summed E-state index contributed by atoms with van der Waals surface area (Å²) >= 11 is 0. The van der Waals surface area contributed by atoms with E-state index >= 15 is 8.78 Å². The molecule has 3 rings (SSSR count). The van der Waals surface area contributed by atoms with Crippen molar-refractivity contribution in [3.05, 3.63) is 71.5 Å². The zero-order valence-corrected chi connectivity index (χ0v) is 28.0. The second-order valence-electron chi connectivity index (χ2n) is 12.4. The third kappa shape index (κ3) is 11.7. The van der Waals surface area contributed by atoms with Crippen molar-refractivity contribution in [1.82, 2.24) is 0 Å². The second-order valence-corrected chi connectivity index (χ2v) is 12.4. The minimum Gasteiger partial charge on any atom is -0.490 e. The molecule has 3 aromatic carbocycles. The Morgan fingerprint density at radius 2 is 1.28 bits per heavy atom. The average molecular weight is 655 g/mol. The Balaban J connectivity index is 1.62. The van der Waals surface area contributed by atoms with Crippen molar-refractivity contribution in [3.63, 3.8) is 0 Å². The van der Waals surface area contributed by atoms with E-state index in [9.17, 15) is 19.1 Å². The van der Waals surface area contributed by atoms with Gasteiger partial charge in [-0.25, -0.2) is 18.0 Å². The third-order valence-electron chi connectivity index (χ3n) is 8.53. The molecule has 0 aliphatic rings. The molecule has 3 aromatic rings. The molecule has 5 nitrogen and oxygen atoms in total. The number of carbonyl (C=O) groups is 2. The number of halogens is 3. The molecule has 0 aliphatic heterocycles. The van der Waals surface area contributed by atoms with Crippen LogP contribution in [-0.4, -0.2) is 23.7 Å². The van der Waals surface area contributed by atoms with Gasteiger partial charge >= 0.3 is 11.9 Å². The van der Waals surface area contributed by atoms with E-state index in [4.69, 9.17) is 9.47 Å². The summed E-state index contributed by atoms with van der Waals surface area (Å²) in [4.78, 5) is 24.0. The highest BCUT2D eigenvalue weighted by atomic mass is 19.1. The van der Waals surface area contributed by atoms with E-state index < -0.39 is 40.5 Å². The quantitative estimate of drug-likeness (QED) is 0.0703. The molecule has 0 fully saturated rings. The lowest BCUT2D eigenvalue weighted by Gasteiger charge is -2.15. The number of hydrogen-bond donors (Lipinski definition) is 1. The topological polar surface area (TPSA) is 72.8 Å². The number of rotatable bonds is 21. The van der Waals surface area contributed by atoms with E-state index in [1.54, 1.807) is 0 Å². The van der Waals surface area contributed by atoms with Crippen LogP contribution in [0.5, 0.6) is 11.5 Å². The number of unbranched alkanes of at least 4 members (excludes halogenated alkanes) is 11. The van der Waals surface area contributed by atoms with Gasteiger partial charge in [-0.3, -0.25) is 4.79 Å². The van der Waals surface area contributed by atoms with Crippen LogP contribution >= 0.6 is 0 Å². The number of aromatic carboxylic acids is 1. The standard InChI is InChI=1S/C39H49F3O5/c1-4-6-7-8-9-10-11-12-13-14-15-16-23-46-35-22-20-31(39(44)45)37(38(35)42)30-19-17-28(25-32(30)40)29-18-21-34(33(41)26-29)47-36(43)24-27(3)5-2/h17-22,25-27H,4-16,23-24H2,1-3H3,(H,44,45)/t27-/m0/s1. The first kappa shape index (κ1) is 37.6. The van der Waals surface area contributed by atoms with Gasteiger partial charge in [0.05, 0.1) is 12.2 Å². The molecule has 0 bridgehead atoms. The van der Waals surface area contributed by atoms with Crippen molar-refractivity contribution in [3.8, 4) is 33.8 Å². The Hall–Kier alpha value is -3.81. The van der Waals surface area contributed by atoms with Gasteiger partial charge in [0, 0.05) is 17.5 Å². The molecule has 0 saturated carbocycles. The summed E-state index contributed by atoms with van der Waals surface area (Å²) in [5, 5.41) is 9.74. The van der Waals surface area contributed by atoms with Crippen LogP contribution in [0, 0.1) is 23.4 Å². The smallest absolute Gasteiger partial charge is 0.336 e. The van der Waals surface area contributed by atoms with E-state index in [0.29, 0.717) is 5.56 Å². The first-order valence-electron chi connectivity index (χ1n) is 17.1. The van der Waals surface area contributed by atoms with Gasteiger partial charge in [-0.15, -0.1) is 0 Å². The average Bonchev–Trinajstić information content (AvgIpc) is 3.04. The molecule has 0 unspecified atom stereocenters. The fourth-order valence-electron chi connectivity index (χ4n) is 5.49. The van der Waals surface area contributed by atoms with Crippen LogP contribution in [0.3, 0.4) is 0 Å². The van der Waals surface area contributed by atoms with E-state index in [1.165, 1.54) is 87.8 Å². The molecule has 0 aromatic heterocycles. The fourth-order valence-corrected chi connectivity index (χ4v) is 5.49. The summed E-state index contributed by atoms with van der Waals surface area (Å²) in [6.45, 7) is 6.32. The van der Waals surface area contributed by atoms with Crippen LogP contribution in [0.2, 0.25) is 0 Å². The predicted octanol–water partition coefficient (Wildman–Crippen LogP) is 11.6. The molecule has 0 amide bonds.